The van der Waals surface area contributed by atoms with Crippen LogP contribution < -0.4 is 0 Å². The van der Waals surface area contributed by atoms with Crippen LogP contribution in [0.1, 0.15) is 11.8 Å². The molecule has 4 heteroatoms. The first-order chi connectivity index (χ1) is 6.18. The van der Waals surface area contributed by atoms with Crippen molar-refractivity contribution < 1.29 is 9.53 Å². The first-order valence-corrected chi connectivity index (χ1v) is 5.34. The quantitative estimate of drug-likeness (QED) is 0.781. The molecule has 0 saturated heterocycles. The predicted molar refractivity (Wildman–Crippen MR) is 57.7 cm³/mol. The number of ether oxygens (including phenoxy) is 1. The number of rotatable bonds is 3. The second-order valence-corrected chi connectivity index (χ2v) is 4.84. The number of hydrogen-bond donors (Lipinski definition) is 0. The highest BCUT2D eigenvalue weighted by atomic mass is 79.9. The van der Waals surface area contributed by atoms with E-state index < -0.39 is 0 Å². The minimum Gasteiger partial charge on any atom is -0.462 e. The fourth-order valence-corrected chi connectivity index (χ4v) is 2.10. The van der Waals surface area contributed by atoms with Gasteiger partial charge in [0.1, 0.15) is 6.61 Å². The molecule has 0 saturated carbocycles. The third-order valence-electron chi connectivity index (χ3n) is 1.26. The van der Waals surface area contributed by atoms with E-state index in [1.165, 1.54) is 6.92 Å². The van der Waals surface area contributed by atoms with Gasteiger partial charge in [-0.25, -0.2) is 0 Å². The Labute approximate surface area is 89.3 Å². The van der Waals surface area contributed by atoms with E-state index >= 15 is 0 Å². The van der Waals surface area contributed by atoms with Gasteiger partial charge in [-0.05, 0) is 40.2 Å². The van der Waals surface area contributed by atoms with Crippen molar-refractivity contribution in [1.29, 1.82) is 0 Å². The number of carbonyl (C=O) groups excluding carboxylic acids is 1. The zero-order valence-corrected chi connectivity index (χ0v) is 9.52. The van der Waals surface area contributed by atoms with Crippen LogP contribution in [-0.2, 0) is 9.53 Å². The topological polar surface area (TPSA) is 26.3 Å². The fourth-order valence-electron chi connectivity index (χ4n) is 0.748. The highest BCUT2D eigenvalue weighted by molar-refractivity contribution is 9.11. The minimum absolute atomic E-state index is 0.253. The maximum atomic E-state index is 10.4. The Morgan fingerprint density at radius 2 is 2.46 bits per heavy atom. The van der Waals surface area contributed by atoms with Gasteiger partial charge in [0, 0.05) is 11.8 Å². The highest BCUT2D eigenvalue weighted by Crippen LogP contribution is 2.22. The van der Waals surface area contributed by atoms with Crippen molar-refractivity contribution in [3.63, 3.8) is 0 Å². The van der Waals surface area contributed by atoms with Crippen LogP contribution in [0.4, 0.5) is 0 Å². The molecular formula is C9H9BrO2S. The zero-order valence-electron chi connectivity index (χ0n) is 7.12. The average Bonchev–Trinajstić information content (AvgIpc) is 2.45. The van der Waals surface area contributed by atoms with Crippen LogP contribution in [0, 0.1) is 0 Å². The first kappa shape index (κ1) is 10.5. The summed E-state index contributed by atoms with van der Waals surface area (Å²) < 4.78 is 5.83. The molecule has 0 radical (unpaired) electrons. The number of esters is 1. The van der Waals surface area contributed by atoms with E-state index in [9.17, 15) is 4.79 Å². The van der Waals surface area contributed by atoms with Gasteiger partial charge in [0.05, 0.1) is 3.79 Å². The van der Waals surface area contributed by atoms with Gasteiger partial charge in [-0.3, -0.25) is 4.79 Å². The van der Waals surface area contributed by atoms with Crippen LogP contribution in [0.3, 0.4) is 0 Å². The molecule has 0 bridgehead atoms. The molecular weight excluding hydrogens is 252 g/mol. The maximum absolute atomic E-state index is 10.4. The molecule has 0 aliphatic rings. The van der Waals surface area contributed by atoms with E-state index in [0.717, 1.165) is 8.66 Å². The first-order valence-electron chi connectivity index (χ1n) is 3.74. The van der Waals surface area contributed by atoms with Crippen LogP contribution in [0.15, 0.2) is 22.0 Å². The summed E-state index contributed by atoms with van der Waals surface area (Å²) in [7, 11) is 0. The molecule has 13 heavy (non-hydrogen) atoms. The Morgan fingerprint density at radius 1 is 1.69 bits per heavy atom. The molecule has 0 spiro atoms. The molecule has 0 aromatic carbocycles. The summed E-state index contributed by atoms with van der Waals surface area (Å²) in [6.45, 7) is 1.74. The smallest absolute Gasteiger partial charge is 0.302 e. The third kappa shape index (κ3) is 4.24. The average molecular weight is 261 g/mol. The van der Waals surface area contributed by atoms with Crippen molar-refractivity contribution in [2.75, 3.05) is 6.61 Å². The lowest BCUT2D eigenvalue weighted by Crippen LogP contribution is -1.96. The molecule has 0 N–H and O–H groups in total. The summed E-state index contributed by atoms with van der Waals surface area (Å²) >= 11 is 5.00. The lowest BCUT2D eigenvalue weighted by Gasteiger charge is -1.93. The van der Waals surface area contributed by atoms with E-state index in [0.29, 0.717) is 6.61 Å². The Morgan fingerprint density at radius 3 is 3.00 bits per heavy atom. The molecule has 0 atom stereocenters. The monoisotopic (exact) mass is 260 g/mol. The normalized spacial score (nSPS) is 10.6. The van der Waals surface area contributed by atoms with Crippen molar-refractivity contribution in [2.45, 2.75) is 6.92 Å². The van der Waals surface area contributed by atoms with Gasteiger partial charge in [-0.1, -0.05) is 0 Å². The molecule has 0 aliphatic carbocycles. The zero-order chi connectivity index (χ0) is 9.68. The number of thiophene rings is 1. The van der Waals surface area contributed by atoms with E-state index in [-0.39, 0.29) is 5.97 Å². The van der Waals surface area contributed by atoms with Crippen molar-refractivity contribution in [2.24, 2.45) is 0 Å². The van der Waals surface area contributed by atoms with Crippen LogP contribution in [0.2, 0.25) is 0 Å². The third-order valence-corrected chi connectivity index (χ3v) is 2.85. The van der Waals surface area contributed by atoms with Gasteiger partial charge in [-0.15, -0.1) is 11.3 Å². The lowest BCUT2D eigenvalue weighted by atomic mass is 10.4. The van der Waals surface area contributed by atoms with E-state index in [2.05, 4.69) is 15.9 Å². The Balaban J connectivity index is 2.36. The number of hydrogen-bond acceptors (Lipinski definition) is 3. The van der Waals surface area contributed by atoms with Gasteiger partial charge in [0.15, 0.2) is 0 Å². The standard InChI is InChI=1S/C9H9BrO2S/c1-7(11)12-6-2-3-8-4-5-9(10)13-8/h2-5H,6H2,1H3/b3-2+. The molecule has 0 amide bonds. The van der Waals surface area contributed by atoms with Crippen LogP contribution in [-0.4, -0.2) is 12.6 Å². The number of halogens is 1. The Hall–Kier alpha value is -0.610. The van der Waals surface area contributed by atoms with Crippen molar-refractivity contribution in [1.82, 2.24) is 0 Å². The van der Waals surface area contributed by atoms with Crippen molar-refractivity contribution in [3.05, 3.63) is 26.9 Å². The van der Waals surface area contributed by atoms with E-state index in [4.69, 9.17) is 4.74 Å². The van der Waals surface area contributed by atoms with Gasteiger partial charge in [0.25, 0.3) is 0 Å². The molecule has 1 aromatic rings. The molecule has 0 unspecified atom stereocenters. The molecule has 0 fully saturated rings. The summed E-state index contributed by atoms with van der Waals surface area (Å²) in [5, 5.41) is 0. The second kappa shape index (κ2) is 5.19. The highest BCUT2D eigenvalue weighted by Gasteiger charge is 1.92. The van der Waals surface area contributed by atoms with Crippen molar-refractivity contribution >= 4 is 39.3 Å². The summed E-state index contributed by atoms with van der Waals surface area (Å²) in [6, 6.07) is 3.98. The summed E-state index contributed by atoms with van der Waals surface area (Å²) in [5.41, 5.74) is 0. The summed E-state index contributed by atoms with van der Waals surface area (Å²) in [6.07, 6.45) is 3.75. The molecule has 1 rings (SSSR count). The van der Waals surface area contributed by atoms with Gasteiger partial charge < -0.3 is 4.74 Å². The van der Waals surface area contributed by atoms with E-state index in [1.54, 1.807) is 11.3 Å². The fraction of sp³-hybridized carbons (Fsp3) is 0.222. The molecule has 1 aromatic heterocycles. The lowest BCUT2D eigenvalue weighted by molar-refractivity contribution is -0.139. The maximum Gasteiger partial charge on any atom is 0.302 e. The predicted octanol–water partition coefficient (Wildman–Crippen LogP) is 3.09. The second-order valence-electron chi connectivity index (χ2n) is 2.35. The van der Waals surface area contributed by atoms with Crippen molar-refractivity contribution in [3.8, 4) is 0 Å². The largest absolute Gasteiger partial charge is 0.462 e. The Kier molecular flexibility index (Phi) is 4.18. The van der Waals surface area contributed by atoms with Gasteiger partial charge >= 0.3 is 5.97 Å². The molecule has 0 aliphatic heterocycles. The molecule has 70 valence electrons. The van der Waals surface area contributed by atoms with Gasteiger partial charge in [0.2, 0.25) is 0 Å². The summed E-state index contributed by atoms with van der Waals surface area (Å²) in [4.78, 5) is 11.5. The van der Waals surface area contributed by atoms with Crippen LogP contribution in [0.5, 0.6) is 0 Å². The molecule has 2 nitrogen and oxygen atoms in total. The molecule has 1 heterocycles. The van der Waals surface area contributed by atoms with Gasteiger partial charge in [-0.2, -0.15) is 0 Å². The number of carbonyl (C=O) groups is 1. The Bertz CT molecular complexity index is 317. The van der Waals surface area contributed by atoms with Crippen LogP contribution >= 0.6 is 27.3 Å². The van der Waals surface area contributed by atoms with Crippen LogP contribution in [0.25, 0.3) is 6.08 Å². The summed E-state index contributed by atoms with van der Waals surface area (Å²) in [5.74, 6) is -0.253. The minimum atomic E-state index is -0.253. The SMILES string of the molecule is CC(=O)OC/C=C/c1ccc(Br)s1. The van der Waals surface area contributed by atoms with E-state index in [1.807, 2.05) is 24.3 Å².